The number of hydrogen-bond acceptors (Lipinski definition) is 4. The van der Waals surface area contributed by atoms with Crippen LogP contribution in [0.2, 0.25) is 0 Å². The van der Waals surface area contributed by atoms with E-state index in [1.165, 1.54) is 18.1 Å². The van der Waals surface area contributed by atoms with E-state index in [2.05, 4.69) is 24.7 Å². The van der Waals surface area contributed by atoms with Crippen molar-refractivity contribution in [2.45, 2.75) is 64.2 Å². The number of nitrogens with zero attached hydrogens (tertiary/aromatic N) is 1. The highest BCUT2D eigenvalue weighted by Crippen LogP contribution is 2.67. The Balaban J connectivity index is 1.55. The molecule has 0 aromatic heterocycles. The molecule has 2 saturated heterocycles. The lowest BCUT2D eigenvalue weighted by Gasteiger charge is -2.45. The fourth-order valence-corrected chi connectivity index (χ4v) is 9.09. The Bertz CT molecular complexity index is 946. The van der Waals surface area contributed by atoms with Gasteiger partial charge in [-0.05, 0) is 63.5 Å². The van der Waals surface area contributed by atoms with Crippen molar-refractivity contribution < 1.29 is 13.9 Å². The van der Waals surface area contributed by atoms with Crippen molar-refractivity contribution in [3.63, 3.8) is 0 Å². The average Bonchev–Trinajstić information content (AvgIpc) is 3.64. The van der Waals surface area contributed by atoms with Gasteiger partial charge in [0.25, 0.3) is 0 Å². The molecule has 1 aromatic carbocycles. The quantitative estimate of drug-likeness (QED) is 0.405. The lowest BCUT2D eigenvalue weighted by atomic mass is 9.71. The fourth-order valence-electron chi connectivity index (χ4n) is 5.73. The summed E-state index contributed by atoms with van der Waals surface area (Å²) in [6.07, 6.45) is 8.63. The molecule has 0 amide bonds. The summed E-state index contributed by atoms with van der Waals surface area (Å²) in [5.41, 5.74) is 9.31. The van der Waals surface area contributed by atoms with Crippen LogP contribution < -0.4 is 10.5 Å². The predicted molar refractivity (Wildman–Crippen MR) is 137 cm³/mol. The molecule has 2 heterocycles. The van der Waals surface area contributed by atoms with E-state index in [1.54, 1.807) is 0 Å². The molecule has 33 heavy (non-hydrogen) atoms. The molecule has 182 valence electrons. The molecule has 0 unspecified atom stereocenters. The minimum atomic E-state index is -1.35. The van der Waals surface area contributed by atoms with Gasteiger partial charge < -0.3 is 10.5 Å². The number of aryl methyl sites for hydroxylation is 1. The van der Waals surface area contributed by atoms with Crippen molar-refractivity contribution in [1.29, 1.82) is 0 Å². The van der Waals surface area contributed by atoms with Crippen LogP contribution in [0.4, 0.5) is 4.39 Å². The maximum atomic E-state index is 15.5. The smallest absolute Gasteiger partial charge is 0.210 e. The number of nitrogens with two attached hydrogens (primary N) is 1. The molecule has 2 aliphatic heterocycles. The van der Waals surface area contributed by atoms with Gasteiger partial charge >= 0.3 is 0 Å². The van der Waals surface area contributed by atoms with Gasteiger partial charge in [0, 0.05) is 53.8 Å². The van der Waals surface area contributed by atoms with Crippen LogP contribution in [0.15, 0.2) is 35.9 Å². The molecule has 4 nitrogen and oxygen atoms in total. The Morgan fingerprint density at radius 2 is 1.97 bits per heavy atom. The maximum absolute atomic E-state index is 15.5. The van der Waals surface area contributed by atoms with Crippen LogP contribution in [0.1, 0.15) is 63.5 Å². The topological polar surface area (TPSA) is 55.6 Å². The van der Waals surface area contributed by atoms with Gasteiger partial charge in [-0.3, -0.25) is 9.10 Å². The van der Waals surface area contributed by atoms with Gasteiger partial charge in [0.05, 0.1) is 0 Å². The van der Waals surface area contributed by atoms with Crippen molar-refractivity contribution in [3.8, 4) is 5.75 Å². The predicted octanol–water partition coefficient (Wildman–Crippen LogP) is 5.40. The lowest BCUT2D eigenvalue weighted by molar-refractivity contribution is -0.108. The van der Waals surface area contributed by atoms with E-state index in [0.29, 0.717) is 24.0 Å². The van der Waals surface area contributed by atoms with Gasteiger partial charge in [-0.15, -0.1) is 16.8 Å². The number of rotatable bonds is 8. The van der Waals surface area contributed by atoms with Crippen LogP contribution in [0.25, 0.3) is 0 Å². The van der Waals surface area contributed by atoms with E-state index >= 15 is 4.39 Å². The van der Waals surface area contributed by atoms with Crippen LogP contribution in [0, 0.1) is 5.82 Å². The van der Waals surface area contributed by atoms with Gasteiger partial charge in [-0.25, -0.2) is 4.39 Å². The summed E-state index contributed by atoms with van der Waals surface area (Å²) in [6.45, 7) is 10.8. The molecule has 2 fully saturated rings. The molecule has 0 atom stereocenters. The zero-order chi connectivity index (χ0) is 23.6. The number of piperidine rings is 1. The molecule has 1 aliphatic carbocycles. The Labute approximate surface area is 199 Å². The normalized spacial score (nSPS) is 23.2. The third kappa shape index (κ3) is 4.54. The van der Waals surface area contributed by atoms with Crippen LogP contribution in [0.3, 0.4) is 0 Å². The maximum Gasteiger partial charge on any atom is 0.210 e. The third-order valence-electron chi connectivity index (χ3n) is 7.84. The van der Waals surface area contributed by atoms with Crippen molar-refractivity contribution in [2.24, 2.45) is 5.73 Å². The highest BCUT2D eigenvalue weighted by Gasteiger charge is 2.52. The number of hydrogen-bond donors (Lipinski definition) is 1. The molecular weight excluding hydrogens is 435 g/mol. The highest BCUT2D eigenvalue weighted by molar-refractivity contribution is 8.49. The number of carbonyl (C=O) groups is 1. The number of carbonyl (C=O) groups excluding carboxylic acids is 1. The molecule has 4 rings (SSSR count). The summed E-state index contributed by atoms with van der Waals surface area (Å²) in [5.74, 6) is 2.39. The number of benzene rings is 1. The van der Waals surface area contributed by atoms with E-state index in [4.69, 9.17) is 10.5 Å². The van der Waals surface area contributed by atoms with Gasteiger partial charge in [0.2, 0.25) is 5.12 Å². The van der Waals surface area contributed by atoms with Crippen molar-refractivity contribution in [2.75, 3.05) is 37.7 Å². The second-order valence-corrected chi connectivity index (χ2v) is 13.1. The first kappa shape index (κ1) is 24.5. The van der Waals surface area contributed by atoms with Crippen molar-refractivity contribution >= 4 is 15.3 Å². The minimum absolute atomic E-state index is 0.220. The molecule has 3 aliphatic rings. The Morgan fingerprint density at radius 1 is 1.27 bits per heavy atom. The number of allylic oxidation sites excluding steroid dienone is 2. The minimum Gasteiger partial charge on any atom is -0.492 e. The van der Waals surface area contributed by atoms with Gasteiger partial charge in [-0.1, -0.05) is 18.6 Å². The molecule has 1 aromatic rings. The van der Waals surface area contributed by atoms with Gasteiger partial charge in [-0.2, -0.15) is 0 Å². The van der Waals surface area contributed by atoms with Crippen LogP contribution in [-0.4, -0.2) is 47.2 Å². The van der Waals surface area contributed by atoms with Gasteiger partial charge in [0.1, 0.15) is 18.2 Å². The summed E-state index contributed by atoms with van der Waals surface area (Å²) >= 11 is 0. The second kappa shape index (κ2) is 9.93. The Hall–Kier alpha value is -1.63. The summed E-state index contributed by atoms with van der Waals surface area (Å²) in [4.78, 5) is 13.6. The summed E-state index contributed by atoms with van der Waals surface area (Å²) < 4.78 is 23.6. The van der Waals surface area contributed by atoms with Crippen molar-refractivity contribution in [3.05, 3.63) is 52.9 Å². The first-order valence-corrected chi connectivity index (χ1v) is 14.4. The van der Waals surface area contributed by atoms with E-state index in [9.17, 15) is 4.79 Å². The van der Waals surface area contributed by atoms with Crippen LogP contribution in [-0.2, 0) is 16.6 Å². The zero-order valence-electron chi connectivity index (χ0n) is 20.3. The Kier molecular flexibility index (Phi) is 7.37. The van der Waals surface area contributed by atoms with Crippen LogP contribution in [0.5, 0.6) is 5.75 Å². The molecule has 0 radical (unpaired) electrons. The summed E-state index contributed by atoms with van der Waals surface area (Å²) in [6, 6.07) is 3.46. The number of ether oxygens (including phenoxy) is 1. The zero-order valence-corrected chi connectivity index (χ0v) is 21.1. The molecule has 0 bridgehead atoms. The van der Waals surface area contributed by atoms with E-state index in [1.807, 2.05) is 12.1 Å². The monoisotopic (exact) mass is 474 g/mol. The molecule has 2 N–H and O–H groups in total. The summed E-state index contributed by atoms with van der Waals surface area (Å²) in [5, 5.41) is 0.452. The van der Waals surface area contributed by atoms with E-state index in [0.717, 1.165) is 79.8 Å². The van der Waals surface area contributed by atoms with E-state index in [-0.39, 0.29) is 5.82 Å². The SMILES string of the molecule is C=CC1(c2c(F)cc(OCCN)cc2CC)CCN(S2(C(=O)C3=C(C)CCCC3)CC2)CC1. The molecular formula is C27H39FN2O2S. The first-order chi connectivity index (χ1) is 15.9. The largest absolute Gasteiger partial charge is 0.492 e. The molecule has 6 heteroatoms. The lowest BCUT2D eigenvalue weighted by Crippen LogP contribution is -2.43. The molecule has 0 spiro atoms. The average molecular weight is 475 g/mol. The molecule has 0 saturated carbocycles. The second-order valence-electron chi connectivity index (χ2n) is 9.72. The Morgan fingerprint density at radius 3 is 2.55 bits per heavy atom. The summed E-state index contributed by atoms with van der Waals surface area (Å²) in [7, 11) is -1.35. The third-order valence-corrected chi connectivity index (χ3v) is 11.3. The van der Waals surface area contributed by atoms with E-state index < -0.39 is 15.6 Å². The highest BCUT2D eigenvalue weighted by atomic mass is 32.3. The number of halogens is 1. The van der Waals surface area contributed by atoms with Crippen molar-refractivity contribution in [1.82, 2.24) is 4.31 Å². The standard InChI is InChI=1S/C27H39FN2O2S/c1-4-21-18-22(32-15-12-29)19-24(28)25(21)27(5-2)10-13-30(14-11-27)33(16-17-33)26(31)23-9-7-6-8-20(23)3/h5,18-19H,2,4,6-17,29H2,1,3H3. The first-order valence-electron chi connectivity index (χ1n) is 12.5. The fraction of sp³-hybridized carbons (Fsp3) is 0.593. The van der Waals surface area contributed by atoms with Gasteiger partial charge in [0.15, 0.2) is 0 Å². The van der Waals surface area contributed by atoms with Crippen LogP contribution >= 0.6 is 10.2 Å².